The van der Waals surface area contributed by atoms with Crippen LogP contribution in [-0.2, 0) is 0 Å². The Morgan fingerprint density at radius 1 is 1.39 bits per heavy atom. The normalized spacial score (nSPS) is 17.4. The minimum absolute atomic E-state index is 0.480. The highest BCUT2D eigenvalue weighted by Gasteiger charge is 2.31. The van der Waals surface area contributed by atoms with E-state index in [-0.39, 0.29) is 0 Å². The molecule has 18 heavy (non-hydrogen) atoms. The van der Waals surface area contributed by atoms with Crippen LogP contribution in [-0.4, -0.2) is 6.54 Å². The number of nitriles is 1. The zero-order chi connectivity index (χ0) is 13.0. The molecule has 0 amide bonds. The maximum Gasteiger partial charge on any atom is 0.0992 e. The molecule has 1 saturated carbocycles. The van der Waals surface area contributed by atoms with Crippen molar-refractivity contribution in [2.75, 3.05) is 11.9 Å². The number of nitrogens with zero attached hydrogens (tertiary/aromatic N) is 1. The van der Waals surface area contributed by atoms with Gasteiger partial charge in [0.25, 0.3) is 0 Å². The number of rotatable bonds is 4. The number of nitrogens with one attached hydrogen (secondary N) is 1. The van der Waals surface area contributed by atoms with Crippen molar-refractivity contribution in [3.63, 3.8) is 0 Å². The van der Waals surface area contributed by atoms with Crippen LogP contribution >= 0.6 is 15.9 Å². The quantitative estimate of drug-likeness (QED) is 0.875. The van der Waals surface area contributed by atoms with Crippen molar-refractivity contribution in [1.29, 1.82) is 5.26 Å². The molecule has 0 unspecified atom stereocenters. The van der Waals surface area contributed by atoms with Gasteiger partial charge in [0.2, 0.25) is 0 Å². The molecule has 2 rings (SSSR count). The molecule has 0 spiro atoms. The van der Waals surface area contributed by atoms with E-state index < -0.39 is 0 Å². The van der Waals surface area contributed by atoms with Crippen LogP contribution in [0.1, 0.15) is 44.6 Å². The highest BCUT2D eigenvalue weighted by molar-refractivity contribution is 9.10. The minimum Gasteiger partial charge on any atom is -0.384 e. The van der Waals surface area contributed by atoms with Gasteiger partial charge in [-0.1, -0.05) is 19.8 Å². The third-order valence-electron chi connectivity index (χ3n) is 4.17. The van der Waals surface area contributed by atoms with E-state index in [0.717, 1.165) is 16.7 Å². The summed E-state index contributed by atoms with van der Waals surface area (Å²) in [4.78, 5) is 0. The minimum atomic E-state index is 0.480. The summed E-state index contributed by atoms with van der Waals surface area (Å²) >= 11 is 3.52. The van der Waals surface area contributed by atoms with Crippen LogP contribution in [0.25, 0.3) is 0 Å². The molecule has 0 atom stereocenters. The third-order valence-corrected chi connectivity index (χ3v) is 4.82. The summed E-state index contributed by atoms with van der Waals surface area (Å²) in [6.45, 7) is 3.33. The molecule has 0 bridgehead atoms. The summed E-state index contributed by atoms with van der Waals surface area (Å²) in [7, 11) is 0. The summed E-state index contributed by atoms with van der Waals surface area (Å²) < 4.78 is 0.978. The van der Waals surface area contributed by atoms with Crippen molar-refractivity contribution in [1.82, 2.24) is 0 Å². The van der Waals surface area contributed by atoms with Gasteiger partial charge in [0.05, 0.1) is 11.6 Å². The van der Waals surface area contributed by atoms with Gasteiger partial charge in [-0.05, 0) is 58.8 Å². The summed E-state index contributed by atoms with van der Waals surface area (Å²) in [6, 6.07) is 7.87. The Morgan fingerprint density at radius 3 is 2.67 bits per heavy atom. The first kappa shape index (κ1) is 13.4. The summed E-state index contributed by atoms with van der Waals surface area (Å²) in [5, 5.41) is 12.4. The number of hydrogen-bond acceptors (Lipinski definition) is 2. The average Bonchev–Trinajstić information content (AvgIpc) is 2.86. The first-order valence-corrected chi connectivity index (χ1v) is 7.42. The van der Waals surface area contributed by atoms with Crippen LogP contribution in [0.3, 0.4) is 0 Å². The van der Waals surface area contributed by atoms with Crippen molar-refractivity contribution < 1.29 is 0 Å². The second-order valence-corrected chi connectivity index (χ2v) is 6.07. The fourth-order valence-electron chi connectivity index (χ4n) is 2.79. The van der Waals surface area contributed by atoms with E-state index in [1.54, 1.807) is 0 Å². The molecule has 0 aromatic heterocycles. The van der Waals surface area contributed by atoms with Gasteiger partial charge in [-0.25, -0.2) is 0 Å². The van der Waals surface area contributed by atoms with Gasteiger partial charge in [-0.2, -0.15) is 5.26 Å². The summed E-state index contributed by atoms with van der Waals surface area (Å²) in [5.41, 5.74) is 2.26. The van der Waals surface area contributed by atoms with E-state index in [2.05, 4.69) is 34.2 Å². The molecule has 3 heteroatoms. The monoisotopic (exact) mass is 306 g/mol. The van der Waals surface area contributed by atoms with E-state index in [1.807, 2.05) is 18.2 Å². The van der Waals surface area contributed by atoms with Gasteiger partial charge < -0.3 is 5.32 Å². The highest BCUT2D eigenvalue weighted by Crippen LogP contribution is 2.41. The zero-order valence-corrected chi connectivity index (χ0v) is 12.4. The molecule has 2 nitrogen and oxygen atoms in total. The second kappa shape index (κ2) is 5.75. The lowest BCUT2D eigenvalue weighted by atomic mass is 9.83. The van der Waals surface area contributed by atoms with E-state index in [9.17, 15) is 0 Å². The zero-order valence-electron chi connectivity index (χ0n) is 10.8. The molecule has 1 aliphatic carbocycles. The Morgan fingerprint density at radius 2 is 2.11 bits per heavy atom. The van der Waals surface area contributed by atoms with Gasteiger partial charge in [0, 0.05) is 16.7 Å². The van der Waals surface area contributed by atoms with E-state index in [0.29, 0.717) is 11.0 Å². The smallest absolute Gasteiger partial charge is 0.0992 e. The number of hydrogen-bond donors (Lipinski definition) is 1. The first-order valence-electron chi connectivity index (χ1n) is 6.63. The average molecular weight is 307 g/mol. The molecule has 0 saturated heterocycles. The lowest BCUT2D eigenvalue weighted by molar-refractivity contribution is 0.307. The Labute approximate surface area is 118 Å². The van der Waals surface area contributed by atoms with Crippen molar-refractivity contribution in [3.8, 4) is 6.07 Å². The Balaban J connectivity index is 2.04. The topological polar surface area (TPSA) is 35.8 Å². The number of halogens is 1. The van der Waals surface area contributed by atoms with Gasteiger partial charge in [-0.3, -0.25) is 0 Å². The number of anilines is 1. The largest absolute Gasteiger partial charge is 0.384 e. The number of benzene rings is 1. The van der Waals surface area contributed by atoms with Crippen LogP contribution in [0.15, 0.2) is 22.7 Å². The lowest BCUT2D eigenvalue weighted by Gasteiger charge is -2.28. The molecule has 1 aliphatic rings. The summed E-state index contributed by atoms with van der Waals surface area (Å²) in [6.07, 6.45) is 6.65. The fraction of sp³-hybridized carbons (Fsp3) is 0.533. The fourth-order valence-corrected chi connectivity index (χ4v) is 3.31. The molecule has 0 radical (unpaired) electrons. The van der Waals surface area contributed by atoms with Gasteiger partial charge >= 0.3 is 0 Å². The Bertz CT molecular complexity index is 456. The Kier molecular flexibility index (Phi) is 4.29. The van der Waals surface area contributed by atoms with Crippen LogP contribution in [0.2, 0.25) is 0 Å². The second-order valence-electron chi connectivity index (χ2n) is 5.22. The molecule has 1 aromatic carbocycles. The van der Waals surface area contributed by atoms with Crippen molar-refractivity contribution >= 4 is 21.6 Å². The maximum atomic E-state index is 8.84. The van der Waals surface area contributed by atoms with Gasteiger partial charge in [-0.15, -0.1) is 0 Å². The van der Waals surface area contributed by atoms with Crippen molar-refractivity contribution in [2.45, 2.75) is 39.0 Å². The standard InChI is InChI=1S/C15H19BrN2/c1-2-15(7-3-4-8-15)11-18-14-6-5-12(10-17)9-13(14)16/h5-6,9,18H,2-4,7-8,11H2,1H3. The van der Waals surface area contributed by atoms with Gasteiger partial charge in [0.1, 0.15) is 0 Å². The predicted octanol–water partition coefficient (Wildman–Crippen LogP) is 4.70. The SMILES string of the molecule is CCC1(CNc2ccc(C#N)cc2Br)CCCC1. The predicted molar refractivity (Wildman–Crippen MR) is 78.5 cm³/mol. The van der Waals surface area contributed by atoms with Crippen LogP contribution in [0.4, 0.5) is 5.69 Å². The van der Waals surface area contributed by atoms with E-state index in [4.69, 9.17) is 5.26 Å². The lowest BCUT2D eigenvalue weighted by Crippen LogP contribution is -2.26. The van der Waals surface area contributed by atoms with Gasteiger partial charge in [0.15, 0.2) is 0 Å². The molecular formula is C15H19BrN2. The first-order chi connectivity index (χ1) is 8.69. The summed E-state index contributed by atoms with van der Waals surface area (Å²) in [5.74, 6) is 0. The van der Waals surface area contributed by atoms with E-state index in [1.165, 1.54) is 32.1 Å². The molecule has 1 N–H and O–H groups in total. The Hall–Kier alpha value is -1.01. The molecule has 96 valence electrons. The molecule has 1 fully saturated rings. The van der Waals surface area contributed by atoms with Crippen LogP contribution in [0.5, 0.6) is 0 Å². The molecule has 0 aliphatic heterocycles. The molecular weight excluding hydrogens is 288 g/mol. The van der Waals surface area contributed by atoms with Crippen molar-refractivity contribution in [3.05, 3.63) is 28.2 Å². The molecule has 0 heterocycles. The third kappa shape index (κ3) is 2.87. The van der Waals surface area contributed by atoms with Crippen LogP contribution in [0, 0.1) is 16.7 Å². The van der Waals surface area contributed by atoms with Crippen molar-refractivity contribution in [2.24, 2.45) is 5.41 Å². The van der Waals surface area contributed by atoms with E-state index >= 15 is 0 Å². The maximum absolute atomic E-state index is 8.84. The highest BCUT2D eigenvalue weighted by atomic mass is 79.9. The molecule has 1 aromatic rings. The van der Waals surface area contributed by atoms with Crippen LogP contribution < -0.4 is 5.32 Å².